The number of hydrogen-bond donors (Lipinski definition) is 0. The second-order valence-corrected chi connectivity index (χ2v) is 8.36. The van der Waals surface area contributed by atoms with Gasteiger partial charge in [-0.2, -0.15) is 5.01 Å². The molecule has 2 aliphatic rings. The molecular formula is C23H20ClN3O5. The largest absolute Gasteiger partial charge is 0.273 e. The van der Waals surface area contributed by atoms with Gasteiger partial charge in [0, 0.05) is 22.7 Å². The summed E-state index contributed by atoms with van der Waals surface area (Å²) in [5.74, 6) is -2.49. The van der Waals surface area contributed by atoms with Crippen LogP contribution in [0.1, 0.15) is 35.7 Å². The molecule has 0 saturated carbocycles. The Morgan fingerprint density at radius 3 is 2.44 bits per heavy atom. The SMILES string of the molecule is CC1=CC[C@H]2C(=O)N(N(Cc3ccccc3Cl)C(=O)c3ccc([N+](=O)[O-])cc3)C(=O)[C@H]2C1. The van der Waals surface area contributed by atoms with Crippen LogP contribution in [0.15, 0.2) is 60.2 Å². The highest BCUT2D eigenvalue weighted by molar-refractivity contribution is 6.31. The zero-order valence-corrected chi connectivity index (χ0v) is 18.0. The summed E-state index contributed by atoms with van der Waals surface area (Å²) in [6, 6.07) is 11.9. The number of amides is 3. The molecule has 2 atom stereocenters. The molecule has 1 fully saturated rings. The summed E-state index contributed by atoms with van der Waals surface area (Å²) in [4.78, 5) is 50.3. The van der Waals surface area contributed by atoms with Crippen LogP contribution in [-0.2, 0) is 16.1 Å². The lowest BCUT2D eigenvalue weighted by molar-refractivity contribution is -0.384. The van der Waals surface area contributed by atoms with Crippen molar-refractivity contribution in [3.63, 3.8) is 0 Å². The third-order valence-corrected chi connectivity index (χ3v) is 6.25. The first-order valence-corrected chi connectivity index (χ1v) is 10.5. The molecule has 164 valence electrons. The van der Waals surface area contributed by atoms with Crippen molar-refractivity contribution in [2.24, 2.45) is 11.8 Å². The molecule has 1 aliphatic carbocycles. The molecule has 0 unspecified atom stereocenters. The van der Waals surface area contributed by atoms with E-state index in [1.807, 2.05) is 13.0 Å². The van der Waals surface area contributed by atoms with E-state index in [4.69, 9.17) is 11.6 Å². The van der Waals surface area contributed by atoms with Gasteiger partial charge in [-0.05, 0) is 43.5 Å². The van der Waals surface area contributed by atoms with Crippen LogP contribution in [0.5, 0.6) is 0 Å². The van der Waals surface area contributed by atoms with E-state index >= 15 is 0 Å². The number of fused-ring (bicyclic) bond motifs is 1. The van der Waals surface area contributed by atoms with Crippen molar-refractivity contribution >= 4 is 35.0 Å². The third-order valence-electron chi connectivity index (χ3n) is 5.88. The predicted molar refractivity (Wildman–Crippen MR) is 116 cm³/mol. The Morgan fingerprint density at radius 2 is 1.78 bits per heavy atom. The van der Waals surface area contributed by atoms with Gasteiger partial charge in [0.1, 0.15) is 0 Å². The van der Waals surface area contributed by atoms with Gasteiger partial charge in [-0.25, -0.2) is 5.01 Å². The number of nitro groups is 1. The van der Waals surface area contributed by atoms with Crippen molar-refractivity contribution < 1.29 is 19.3 Å². The fourth-order valence-corrected chi connectivity index (χ4v) is 4.35. The number of hydrogen-bond acceptors (Lipinski definition) is 5. The topological polar surface area (TPSA) is 101 Å². The first-order chi connectivity index (χ1) is 15.3. The van der Waals surface area contributed by atoms with E-state index in [1.54, 1.807) is 24.3 Å². The number of carbonyl (C=O) groups excluding carboxylic acids is 3. The molecule has 3 amide bonds. The average molecular weight is 454 g/mol. The van der Waals surface area contributed by atoms with Crippen LogP contribution < -0.4 is 0 Å². The maximum absolute atomic E-state index is 13.4. The summed E-state index contributed by atoms with van der Waals surface area (Å²) in [5, 5.41) is 13.4. The average Bonchev–Trinajstić information content (AvgIpc) is 3.02. The molecule has 0 bridgehead atoms. The van der Waals surface area contributed by atoms with Crippen molar-refractivity contribution in [1.82, 2.24) is 10.0 Å². The Balaban J connectivity index is 1.72. The number of hydrazine groups is 1. The number of benzene rings is 2. The number of rotatable bonds is 5. The zero-order valence-electron chi connectivity index (χ0n) is 17.2. The van der Waals surface area contributed by atoms with Gasteiger partial charge in [-0.15, -0.1) is 0 Å². The number of non-ortho nitro benzene ring substituents is 1. The summed E-state index contributed by atoms with van der Waals surface area (Å²) < 4.78 is 0. The molecule has 1 aliphatic heterocycles. The van der Waals surface area contributed by atoms with Crippen LogP contribution in [0.25, 0.3) is 0 Å². The Labute approximate surface area is 189 Å². The first kappa shape index (κ1) is 21.7. The molecule has 1 heterocycles. The molecule has 2 aromatic rings. The Hall–Kier alpha value is -3.52. The van der Waals surface area contributed by atoms with Crippen LogP contribution in [-0.4, -0.2) is 32.7 Å². The second kappa shape index (κ2) is 8.55. The van der Waals surface area contributed by atoms with Gasteiger partial charge in [0.2, 0.25) is 0 Å². The summed E-state index contributed by atoms with van der Waals surface area (Å²) in [5.41, 5.74) is 1.55. The molecule has 32 heavy (non-hydrogen) atoms. The highest BCUT2D eigenvalue weighted by Gasteiger charge is 2.51. The van der Waals surface area contributed by atoms with Crippen LogP contribution in [0.3, 0.4) is 0 Å². The van der Waals surface area contributed by atoms with E-state index < -0.39 is 34.5 Å². The van der Waals surface area contributed by atoms with Gasteiger partial charge < -0.3 is 0 Å². The smallest absolute Gasteiger partial charge is 0.272 e. The van der Waals surface area contributed by atoms with E-state index in [9.17, 15) is 24.5 Å². The fourth-order valence-electron chi connectivity index (χ4n) is 4.15. The molecule has 9 heteroatoms. The number of nitro benzene ring substituents is 1. The fraction of sp³-hybridized carbons (Fsp3) is 0.261. The van der Waals surface area contributed by atoms with E-state index in [2.05, 4.69) is 0 Å². The minimum Gasteiger partial charge on any atom is -0.272 e. The second-order valence-electron chi connectivity index (χ2n) is 7.95. The molecule has 0 radical (unpaired) electrons. The minimum absolute atomic E-state index is 0.0984. The Morgan fingerprint density at radius 1 is 1.12 bits per heavy atom. The quantitative estimate of drug-likeness (QED) is 0.293. The van der Waals surface area contributed by atoms with Gasteiger partial charge in [-0.1, -0.05) is 41.4 Å². The third kappa shape index (κ3) is 3.89. The van der Waals surface area contributed by atoms with Crippen molar-refractivity contribution in [3.05, 3.63) is 86.4 Å². The lowest BCUT2D eigenvalue weighted by Crippen LogP contribution is -2.49. The molecule has 2 aromatic carbocycles. The first-order valence-electron chi connectivity index (χ1n) is 10.1. The highest BCUT2D eigenvalue weighted by Crippen LogP contribution is 2.39. The van der Waals surface area contributed by atoms with Crippen LogP contribution in [0.2, 0.25) is 5.02 Å². The van der Waals surface area contributed by atoms with Gasteiger partial charge in [0.15, 0.2) is 0 Å². The standard InChI is InChI=1S/C23H20ClN3O5/c1-14-6-11-18-19(12-14)23(30)26(22(18)29)25(13-16-4-2-3-5-20(16)24)21(28)15-7-9-17(10-8-15)27(31)32/h2-10,18-19H,11-13H2,1H3/t18-,19+/m1/s1. The van der Waals surface area contributed by atoms with Gasteiger partial charge >= 0.3 is 0 Å². The van der Waals surface area contributed by atoms with Gasteiger partial charge in [-0.3, -0.25) is 24.5 Å². The number of carbonyl (C=O) groups is 3. The maximum Gasteiger partial charge on any atom is 0.273 e. The minimum atomic E-state index is -0.621. The number of nitrogens with zero attached hydrogens (tertiary/aromatic N) is 3. The van der Waals surface area contributed by atoms with Crippen LogP contribution in [0, 0.1) is 22.0 Å². The summed E-state index contributed by atoms with van der Waals surface area (Å²) in [6.45, 7) is 1.82. The van der Waals surface area contributed by atoms with Crippen LogP contribution in [0.4, 0.5) is 5.69 Å². The van der Waals surface area contributed by atoms with Crippen molar-refractivity contribution in [3.8, 4) is 0 Å². The summed E-state index contributed by atoms with van der Waals surface area (Å²) in [6.07, 6.45) is 2.87. The van der Waals surface area contributed by atoms with Crippen molar-refractivity contribution in [2.75, 3.05) is 0 Å². The van der Waals surface area contributed by atoms with Crippen molar-refractivity contribution in [1.29, 1.82) is 0 Å². The molecule has 0 aromatic heterocycles. The number of halogens is 1. The zero-order chi connectivity index (χ0) is 23.0. The lowest BCUT2D eigenvalue weighted by atomic mass is 9.82. The summed E-state index contributed by atoms with van der Waals surface area (Å²) in [7, 11) is 0. The van der Waals surface area contributed by atoms with E-state index in [-0.39, 0.29) is 17.8 Å². The van der Waals surface area contributed by atoms with E-state index in [0.717, 1.165) is 15.6 Å². The van der Waals surface area contributed by atoms with E-state index in [1.165, 1.54) is 24.3 Å². The molecule has 0 N–H and O–H groups in total. The van der Waals surface area contributed by atoms with Crippen LogP contribution >= 0.6 is 11.6 Å². The Kier molecular flexibility index (Phi) is 5.80. The maximum atomic E-state index is 13.4. The van der Waals surface area contributed by atoms with Crippen molar-refractivity contribution in [2.45, 2.75) is 26.3 Å². The van der Waals surface area contributed by atoms with Gasteiger partial charge in [0.25, 0.3) is 23.4 Å². The molecule has 0 spiro atoms. The van der Waals surface area contributed by atoms with E-state index in [0.29, 0.717) is 23.4 Å². The number of imide groups is 1. The summed E-state index contributed by atoms with van der Waals surface area (Å²) >= 11 is 6.29. The molecular weight excluding hydrogens is 434 g/mol. The molecule has 8 nitrogen and oxygen atoms in total. The molecule has 1 saturated heterocycles. The Bertz CT molecular complexity index is 1140. The lowest BCUT2D eigenvalue weighted by Gasteiger charge is -2.31. The van der Waals surface area contributed by atoms with Gasteiger partial charge in [0.05, 0.1) is 23.3 Å². The highest BCUT2D eigenvalue weighted by atomic mass is 35.5. The molecule has 4 rings (SSSR count). The monoisotopic (exact) mass is 453 g/mol. The normalized spacial score (nSPS) is 20.1. The number of allylic oxidation sites excluding steroid dienone is 2. The predicted octanol–water partition coefficient (Wildman–Crippen LogP) is 4.15.